The Bertz CT molecular complexity index is 1130. The molecule has 0 aromatic heterocycles. The molecule has 4 atom stereocenters. The van der Waals surface area contributed by atoms with Crippen LogP contribution >= 0.6 is 0 Å². The lowest BCUT2D eigenvalue weighted by molar-refractivity contribution is -0.133. The molecule has 17 heteroatoms. The minimum absolute atomic E-state index is 0.249. The van der Waals surface area contributed by atoms with Crippen molar-refractivity contribution in [1.29, 1.82) is 0 Å². The normalized spacial score (nSPS) is 13.3. The van der Waals surface area contributed by atoms with Crippen LogP contribution in [0, 0.1) is 0 Å². The summed E-state index contributed by atoms with van der Waals surface area (Å²) in [5.41, 5.74) is 17.8. The highest BCUT2D eigenvalue weighted by molar-refractivity contribution is 5.99. The molecule has 0 heterocycles. The van der Waals surface area contributed by atoms with Gasteiger partial charge in [-0.1, -0.05) is 36.8 Å². The SMILES string of the molecule is C[C@@H](O)[C@H](NC(=O)CNC(=O)[C@@H](N)Cc1ccccc1)C(=O)NCC(=O)NCC(=O)NCC(=O)NC(=O)[C@@H](N)CCCCN. The van der Waals surface area contributed by atoms with E-state index in [0.717, 1.165) is 5.56 Å². The van der Waals surface area contributed by atoms with Gasteiger partial charge in [0.25, 0.3) is 0 Å². The second-order valence-corrected chi connectivity index (χ2v) is 9.87. The van der Waals surface area contributed by atoms with Gasteiger partial charge in [-0.05, 0) is 38.3 Å². The highest BCUT2D eigenvalue weighted by Gasteiger charge is 2.26. The summed E-state index contributed by atoms with van der Waals surface area (Å²) in [4.78, 5) is 84.6. The van der Waals surface area contributed by atoms with Crippen LogP contribution in [0.1, 0.15) is 31.7 Å². The van der Waals surface area contributed by atoms with E-state index in [1.165, 1.54) is 6.92 Å². The number of amides is 7. The number of rotatable bonds is 19. The van der Waals surface area contributed by atoms with Crippen molar-refractivity contribution < 1.29 is 38.7 Å². The Morgan fingerprint density at radius 2 is 1.25 bits per heavy atom. The van der Waals surface area contributed by atoms with E-state index in [4.69, 9.17) is 17.2 Å². The Balaban J connectivity index is 2.36. The van der Waals surface area contributed by atoms with Crippen LogP contribution in [0.25, 0.3) is 0 Å². The molecule has 44 heavy (non-hydrogen) atoms. The van der Waals surface area contributed by atoms with Crippen LogP contribution < -0.4 is 49.1 Å². The number of carbonyl (C=O) groups excluding carboxylic acids is 7. The van der Waals surface area contributed by atoms with Gasteiger partial charge in [-0.3, -0.25) is 38.9 Å². The van der Waals surface area contributed by atoms with E-state index in [1.807, 2.05) is 6.07 Å². The molecule has 1 aromatic carbocycles. The van der Waals surface area contributed by atoms with Gasteiger partial charge < -0.3 is 48.9 Å². The molecule has 0 aliphatic rings. The number of aliphatic hydroxyl groups is 1. The van der Waals surface area contributed by atoms with Crippen molar-refractivity contribution in [2.45, 2.75) is 56.8 Å². The van der Waals surface area contributed by atoms with E-state index in [9.17, 15) is 38.7 Å². The fraction of sp³-hybridized carbons (Fsp3) is 0.519. The van der Waals surface area contributed by atoms with Crippen molar-refractivity contribution >= 4 is 41.4 Å². The first-order valence-corrected chi connectivity index (χ1v) is 14.0. The first kappa shape index (κ1) is 37.6. The van der Waals surface area contributed by atoms with Crippen LogP contribution in [0.15, 0.2) is 30.3 Å². The van der Waals surface area contributed by atoms with E-state index < -0.39 is 91.8 Å². The van der Waals surface area contributed by atoms with E-state index >= 15 is 0 Å². The highest BCUT2D eigenvalue weighted by Crippen LogP contribution is 2.02. The Hall–Kier alpha value is -4.45. The van der Waals surface area contributed by atoms with Crippen molar-refractivity contribution in [3.8, 4) is 0 Å². The number of nitrogens with two attached hydrogens (primary N) is 3. The zero-order chi connectivity index (χ0) is 33.1. The third kappa shape index (κ3) is 15.7. The van der Waals surface area contributed by atoms with Gasteiger partial charge in [0.2, 0.25) is 41.4 Å². The van der Waals surface area contributed by atoms with Crippen molar-refractivity contribution in [3.05, 3.63) is 35.9 Å². The molecular weight excluding hydrogens is 578 g/mol. The van der Waals surface area contributed by atoms with Crippen molar-refractivity contribution in [2.75, 3.05) is 32.7 Å². The van der Waals surface area contributed by atoms with Crippen molar-refractivity contribution in [3.63, 3.8) is 0 Å². The van der Waals surface area contributed by atoms with Crippen LogP contribution in [0.4, 0.5) is 0 Å². The van der Waals surface area contributed by atoms with Crippen molar-refractivity contribution in [2.24, 2.45) is 17.2 Å². The molecule has 0 unspecified atom stereocenters. The number of carbonyl (C=O) groups is 7. The first-order chi connectivity index (χ1) is 20.8. The summed E-state index contributed by atoms with van der Waals surface area (Å²) in [7, 11) is 0. The van der Waals surface area contributed by atoms with E-state index in [-0.39, 0.29) is 6.42 Å². The summed E-state index contributed by atoms with van der Waals surface area (Å²) in [5.74, 6) is -5.29. The number of nitrogens with one attached hydrogen (secondary N) is 6. The lowest BCUT2D eigenvalue weighted by Gasteiger charge is -2.21. The second-order valence-electron chi connectivity index (χ2n) is 9.87. The number of benzene rings is 1. The number of imide groups is 1. The molecule has 1 rings (SSSR count). The van der Waals surface area contributed by atoms with Gasteiger partial charge in [0.1, 0.15) is 6.04 Å². The quantitative estimate of drug-likeness (QED) is 0.0652. The number of unbranched alkanes of at least 4 members (excludes halogenated alkanes) is 1. The summed E-state index contributed by atoms with van der Waals surface area (Å²) >= 11 is 0. The molecule has 244 valence electrons. The maximum atomic E-state index is 12.5. The standard InChI is InChI=1S/C27H43N9O8/c1-16(37)24(35-22(40)15-33-25(42)19(30)11-17-7-3-2-4-8-17)27(44)34-13-21(39)31-12-20(38)32-14-23(41)36-26(43)18(29)9-5-6-10-28/h2-4,7-8,16,18-19,24,37H,5-6,9-15,28-30H2,1H3,(H,31,39)(H,32,38)(H,33,42)(H,34,44)(H,35,40)(H,36,41,43)/t16-,18+,19+,24+/m1/s1. The summed E-state index contributed by atoms with van der Waals surface area (Å²) in [6, 6.07) is 5.76. The maximum Gasteiger partial charge on any atom is 0.245 e. The topological polar surface area (TPSA) is 290 Å². The predicted octanol–water partition coefficient (Wildman–Crippen LogP) is -5.01. The minimum Gasteiger partial charge on any atom is -0.391 e. The third-order valence-electron chi connectivity index (χ3n) is 6.02. The van der Waals surface area contributed by atoms with Gasteiger partial charge in [-0.15, -0.1) is 0 Å². The molecule has 0 aliphatic carbocycles. The summed E-state index contributed by atoms with van der Waals surface area (Å²) < 4.78 is 0. The molecule has 0 bridgehead atoms. The average molecular weight is 622 g/mol. The largest absolute Gasteiger partial charge is 0.391 e. The van der Waals surface area contributed by atoms with Crippen LogP contribution in [0.3, 0.4) is 0 Å². The number of hydrogen-bond donors (Lipinski definition) is 10. The number of hydrogen-bond acceptors (Lipinski definition) is 11. The Morgan fingerprint density at radius 3 is 1.84 bits per heavy atom. The molecule has 0 spiro atoms. The first-order valence-electron chi connectivity index (χ1n) is 14.0. The highest BCUT2D eigenvalue weighted by atomic mass is 16.3. The summed E-state index contributed by atoms with van der Waals surface area (Å²) in [6.07, 6.45) is 0.542. The Labute approximate surface area is 254 Å². The third-order valence-corrected chi connectivity index (χ3v) is 6.02. The zero-order valence-electron chi connectivity index (χ0n) is 24.6. The van der Waals surface area contributed by atoms with Crippen molar-refractivity contribution in [1.82, 2.24) is 31.9 Å². The lowest BCUT2D eigenvalue weighted by Crippen LogP contribution is -2.56. The second kappa shape index (κ2) is 20.5. The molecule has 0 aliphatic heterocycles. The predicted molar refractivity (Wildman–Crippen MR) is 158 cm³/mol. The van der Waals surface area contributed by atoms with Crippen LogP contribution in [0.2, 0.25) is 0 Å². The minimum atomic E-state index is -1.46. The molecular formula is C27H43N9O8. The molecule has 17 nitrogen and oxygen atoms in total. The Kier molecular flexibility index (Phi) is 17.5. The van der Waals surface area contributed by atoms with Gasteiger partial charge in [0.05, 0.1) is 44.4 Å². The van der Waals surface area contributed by atoms with Gasteiger partial charge in [0.15, 0.2) is 0 Å². The zero-order valence-corrected chi connectivity index (χ0v) is 24.6. The molecule has 0 fully saturated rings. The fourth-order valence-electron chi connectivity index (χ4n) is 3.56. The average Bonchev–Trinajstić information content (AvgIpc) is 2.99. The lowest BCUT2D eigenvalue weighted by atomic mass is 10.1. The summed E-state index contributed by atoms with van der Waals surface area (Å²) in [5, 5.41) is 23.3. The summed E-state index contributed by atoms with van der Waals surface area (Å²) in [6.45, 7) is -0.506. The van der Waals surface area contributed by atoms with Gasteiger partial charge in [-0.25, -0.2) is 0 Å². The Morgan fingerprint density at radius 1 is 0.705 bits per heavy atom. The monoisotopic (exact) mass is 621 g/mol. The van der Waals surface area contributed by atoms with Crippen LogP contribution in [0.5, 0.6) is 0 Å². The van der Waals surface area contributed by atoms with Crippen LogP contribution in [-0.2, 0) is 40.0 Å². The van der Waals surface area contributed by atoms with E-state index in [2.05, 4.69) is 31.9 Å². The molecule has 0 saturated carbocycles. The number of aliphatic hydroxyl groups excluding tert-OH is 1. The van der Waals surface area contributed by atoms with Gasteiger partial charge >= 0.3 is 0 Å². The van der Waals surface area contributed by atoms with Gasteiger partial charge in [0, 0.05) is 0 Å². The molecule has 0 saturated heterocycles. The van der Waals surface area contributed by atoms with E-state index in [0.29, 0.717) is 25.8 Å². The van der Waals surface area contributed by atoms with Crippen LogP contribution in [-0.4, -0.2) is 103 Å². The van der Waals surface area contributed by atoms with Gasteiger partial charge in [-0.2, -0.15) is 0 Å². The molecule has 7 amide bonds. The smallest absolute Gasteiger partial charge is 0.245 e. The molecule has 0 radical (unpaired) electrons. The fourth-order valence-corrected chi connectivity index (χ4v) is 3.56. The molecule has 1 aromatic rings. The van der Waals surface area contributed by atoms with E-state index in [1.54, 1.807) is 24.3 Å². The molecule has 13 N–H and O–H groups in total. The maximum absolute atomic E-state index is 12.5.